The Labute approximate surface area is 106 Å². The van der Waals surface area contributed by atoms with Gasteiger partial charge in [0.15, 0.2) is 0 Å². The molecule has 18 heavy (non-hydrogen) atoms. The number of fused-ring (bicyclic) bond motifs is 1. The molecule has 3 heteroatoms. The fourth-order valence-corrected chi connectivity index (χ4v) is 3.62. The zero-order valence-corrected chi connectivity index (χ0v) is 10.3. The number of benzene rings is 1. The minimum atomic E-state index is -0.805. The molecular weight excluding hydrogens is 228 g/mol. The van der Waals surface area contributed by atoms with E-state index in [1.165, 1.54) is 5.56 Å². The van der Waals surface area contributed by atoms with Crippen molar-refractivity contribution in [3.63, 3.8) is 0 Å². The van der Waals surface area contributed by atoms with Crippen LogP contribution < -0.4 is 0 Å². The average molecular weight is 244 g/mol. The lowest BCUT2D eigenvalue weighted by molar-refractivity contribution is -0.142. The van der Waals surface area contributed by atoms with Crippen LogP contribution in [0.2, 0.25) is 0 Å². The third-order valence-electron chi connectivity index (χ3n) is 4.59. The molecule has 0 heterocycles. The van der Waals surface area contributed by atoms with Crippen LogP contribution in [0.25, 0.3) is 0 Å². The van der Waals surface area contributed by atoms with Gasteiger partial charge in [0.1, 0.15) is 5.78 Å². The van der Waals surface area contributed by atoms with E-state index in [9.17, 15) is 14.7 Å². The van der Waals surface area contributed by atoms with Crippen LogP contribution in [0, 0.1) is 24.2 Å². The SMILES string of the molecule is Cc1ccc(C[C@@]23C(=O)CC[C@H]2[C@H]3C(=O)O)cc1. The molecule has 0 aliphatic heterocycles. The van der Waals surface area contributed by atoms with Gasteiger partial charge in [0.2, 0.25) is 0 Å². The highest BCUT2D eigenvalue weighted by Gasteiger charge is 2.74. The van der Waals surface area contributed by atoms with Gasteiger partial charge in [-0.15, -0.1) is 0 Å². The summed E-state index contributed by atoms with van der Waals surface area (Å²) >= 11 is 0. The standard InChI is InChI=1S/C15H16O3/c1-9-2-4-10(5-3-9)8-15-11(6-7-12(15)16)13(15)14(17)18/h2-5,11,13H,6-8H2,1H3,(H,17,18)/t11-,13-,15-/m0/s1. The number of aliphatic carboxylic acids is 1. The van der Waals surface area contributed by atoms with Crippen molar-refractivity contribution in [2.75, 3.05) is 0 Å². The molecular formula is C15H16O3. The molecule has 0 aromatic heterocycles. The minimum Gasteiger partial charge on any atom is -0.481 e. The molecule has 0 radical (unpaired) electrons. The maximum atomic E-state index is 12.1. The molecule has 0 bridgehead atoms. The van der Waals surface area contributed by atoms with Crippen molar-refractivity contribution in [2.24, 2.45) is 17.3 Å². The van der Waals surface area contributed by atoms with Crippen molar-refractivity contribution in [1.82, 2.24) is 0 Å². The molecule has 1 N–H and O–H groups in total. The van der Waals surface area contributed by atoms with Gasteiger partial charge in [-0.05, 0) is 31.2 Å². The maximum Gasteiger partial charge on any atom is 0.307 e. The first kappa shape index (κ1) is 11.5. The van der Waals surface area contributed by atoms with Crippen molar-refractivity contribution in [3.05, 3.63) is 35.4 Å². The normalized spacial score (nSPS) is 33.3. The average Bonchev–Trinajstić information content (AvgIpc) is 2.88. The van der Waals surface area contributed by atoms with E-state index in [1.807, 2.05) is 31.2 Å². The lowest BCUT2D eigenvalue weighted by Crippen LogP contribution is -2.22. The number of carbonyl (C=O) groups excluding carboxylic acids is 1. The molecule has 2 aliphatic carbocycles. The van der Waals surface area contributed by atoms with Crippen LogP contribution in [0.1, 0.15) is 24.0 Å². The highest BCUT2D eigenvalue weighted by molar-refractivity contribution is 5.98. The Bertz CT molecular complexity index is 517. The molecule has 3 atom stereocenters. The second kappa shape index (κ2) is 3.67. The van der Waals surface area contributed by atoms with Crippen molar-refractivity contribution in [2.45, 2.75) is 26.2 Å². The lowest BCUT2D eigenvalue weighted by atomic mass is 9.90. The highest BCUT2D eigenvalue weighted by atomic mass is 16.4. The molecule has 94 valence electrons. The minimum absolute atomic E-state index is 0.0730. The Hall–Kier alpha value is -1.64. The third-order valence-corrected chi connectivity index (χ3v) is 4.59. The van der Waals surface area contributed by atoms with Crippen LogP contribution in [-0.2, 0) is 16.0 Å². The monoisotopic (exact) mass is 244 g/mol. The van der Waals surface area contributed by atoms with Gasteiger partial charge in [0, 0.05) is 6.42 Å². The van der Waals surface area contributed by atoms with Gasteiger partial charge in [-0.3, -0.25) is 9.59 Å². The summed E-state index contributed by atoms with van der Waals surface area (Å²) in [7, 11) is 0. The first-order chi connectivity index (χ1) is 8.55. The number of ketones is 1. The molecule has 1 aromatic rings. The molecule has 0 spiro atoms. The van der Waals surface area contributed by atoms with Gasteiger partial charge in [-0.2, -0.15) is 0 Å². The molecule has 0 unspecified atom stereocenters. The Morgan fingerprint density at radius 2 is 2.06 bits per heavy atom. The van der Waals surface area contributed by atoms with E-state index in [0.717, 1.165) is 12.0 Å². The molecule has 3 rings (SSSR count). The Morgan fingerprint density at radius 1 is 1.39 bits per heavy atom. The number of hydrogen-bond donors (Lipinski definition) is 1. The number of carboxylic acid groups (broad SMARTS) is 1. The quantitative estimate of drug-likeness (QED) is 0.887. The molecule has 0 saturated heterocycles. The number of carboxylic acids is 1. The summed E-state index contributed by atoms with van der Waals surface area (Å²) in [4.78, 5) is 23.3. The van der Waals surface area contributed by atoms with Gasteiger partial charge in [-0.1, -0.05) is 29.8 Å². The van der Waals surface area contributed by atoms with Crippen molar-refractivity contribution < 1.29 is 14.7 Å². The zero-order valence-electron chi connectivity index (χ0n) is 10.3. The number of rotatable bonds is 3. The Kier molecular flexibility index (Phi) is 2.34. The van der Waals surface area contributed by atoms with Crippen molar-refractivity contribution in [3.8, 4) is 0 Å². The van der Waals surface area contributed by atoms with E-state index >= 15 is 0 Å². The second-order valence-corrected chi connectivity index (χ2v) is 5.59. The fraction of sp³-hybridized carbons (Fsp3) is 0.467. The van der Waals surface area contributed by atoms with Gasteiger partial charge < -0.3 is 5.11 Å². The second-order valence-electron chi connectivity index (χ2n) is 5.59. The predicted octanol–water partition coefficient (Wildman–Crippen LogP) is 2.22. The summed E-state index contributed by atoms with van der Waals surface area (Å²) in [5.41, 5.74) is 1.67. The molecule has 2 saturated carbocycles. The lowest BCUT2D eigenvalue weighted by Gasteiger charge is -2.12. The van der Waals surface area contributed by atoms with E-state index in [2.05, 4.69) is 0 Å². The van der Waals surface area contributed by atoms with Gasteiger partial charge in [0.25, 0.3) is 0 Å². The summed E-state index contributed by atoms with van der Waals surface area (Å²) in [5.74, 6) is -1.02. The first-order valence-corrected chi connectivity index (χ1v) is 6.37. The van der Waals surface area contributed by atoms with Crippen LogP contribution in [0.3, 0.4) is 0 Å². The first-order valence-electron chi connectivity index (χ1n) is 6.37. The Morgan fingerprint density at radius 3 is 2.61 bits per heavy atom. The van der Waals surface area contributed by atoms with E-state index in [4.69, 9.17) is 0 Å². The van der Waals surface area contributed by atoms with Gasteiger partial charge in [-0.25, -0.2) is 0 Å². The zero-order chi connectivity index (χ0) is 12.9. The molecule has 0 amide bonds. The fourth-order valence-electron chi connectivity index (χ4n) is 3.62. The van der Waals surface area contributed by atoms with E-state index in [-0.39, 0.29) is 11.7 Å². The summed E-state index contributed by atoms with van der Waals surface area (Å²) in [6, 6.07) is 8.03. The summed E-state index contributed by atoms with van der Waals surface area (Å²) in [6.45, 7) is 2.02. The van der Waals surface area contributed by atoms with Crippen LogP contribution in [0.5, 0.6) is 0 Å². The molecule has 3 nitrogen and oxygen atoms in total. The number of carbonyl (C=O) groups is 2. The third kappa shape index (κ3) is 1.43. The van der Waals surface area contributed by atoms with Crippen molar-refractivity contribution in [1.29, 1.82) is 0 Å². The Balaban J connectivity index is 1.88. The smallest absolute Gasteiger partial charge is 0.307 e. The topological polar surface area (TPSA) is 54.4 Å². The van der Waals surface area contributed by atoms with E-state index in [1.54, 1.807) is 0 Å². The van der Waals surface area contributed by atoms with Crippen LogP contribution in [0.15, 0.2) is 24.3 Å². The molecule has 1 aromatic carbocycles. The molecule has 2 aliphatic rings. The van der Waals surface area contributed by atoms with E-state index < -0.39 is 17.3 Å². The molecule has 2 fully saturated rings. The largest absolute Gasteiger partial charge is 0.481 e. The summed E-state index contributed by atoms with van der Waals surface area (Å²) in [5, 5.41) is 9.21. The van der Waals surface area contributed by atoms with Crippen LogP contribution in [-0.4, -0.2) is 16.9 Å². The van der Waals surface area contributed by atoms with Crippen LogP contribution >= 0.6 is 0 Å². The van der Waals surface area contributed by atoms with Gasteiger partial charge in [0.05, 0.1) is 11.3 Å². The van der Waals surface area contributed by atoms with Crippen LogP contribution in [0.4, 0.5) is 0 Å². The highest BCUT2D eigenvalue weighted by Crippen LogP contribution is 2.67. The maximum absolute atomic E-state index is 12.1. The summed E-state index contributed by atoms with van der Waals surface area (Å²) < 4.78 is 0. The summed E-state index contributed by atoms with van der Waals surface area (Å²) in [6.07, 6.45) is 1.90. The number of hydrogen-bond acceptors (Lipinski definition) is 2. The van der Waals surface area contributed by atoms with Gasteiger partial charge >= 0.3 is 5.97 Å². The predicted molar refractivity (Wildman–Crippen MR) is 66.2 cm³/mol. The van der Waals surface area contributed by atoms with E-state index in [0.29, 0.717) is 12.8 Å². The van der Waals surface area contributed by atoms with Crippen molar-refractivity contribution >= 4 is 11.8 Å². The number of aryl methyl sites for hydroxylation is 1. The number of Topliss-reactive ketones (excluding diaryl/α,β-unsaturated/α-hetero) is 1.